The van der Waals surface area contributed by atoms with E-state index < -0.39 is 11.7 Å². The zero-order valence-corrected chi connectivity index (χ0v) is 15.9. The van der Waals surface area contributed by atoms with Crippen molar-refractivity contribution in [3.63, 3.8) is 0 Å². The molecule has 8 heteroatoms. The molecule has 0 saturated heterocycles. The van der Waals surface area contributed by atoms with E-state index in [9.17, 15) is 14.0 Å². The normalized spacial score (nSPS) is 12.8. The molecule has 3 aromatic rings. The lowest BCUT2D eigenvalue weighted by Gasteiger charge is -2.16. The first-order valence-electron chi connectivity index (χ1n) is 8.37. The molecule has 0 aliphatic carbocycles. The Hall–Kier alpha value is -2.83. The third-order valence-corrected chi connectivity index (χ3v) is 5.10. The molecule has 28 heavy (non-hydrogen) atoms. The molecule has 1 aliphatic rings. The first-order valence-corrected chi connectivity index (χ1v) is 9.12. The lowest BCUT2D eigenvalue weighted by Crippen LogP contribution is -2.28. The zero-order chi connectivity index (χ0) is 19.8. The van der Waals surface area contributed by atoms with Gasteiger partial charge in [0, 0.05) is 17.9 Å². The van der Waals surface area contributed by atoms with Gasteiger partial charge in [0.1, 0.15) is 12.1 Å². The van der Waals surface area contributed by atoms with Crippen molar-refractivity contribution in [3.8, 4) is 0 Å². The standard InChI is InChI=1S/C20H13Cl2FN2O3/c21-15-9-16(22)17(23)8-14(15)19(26)24-13-1-2-18-11(7-13)3-5-25(18)20(27)12-4-6-28-10-12/h1-2,4,6-10H,3,5H2,(H,24,26). The van der Waals surface area contributed by atoms with Crippen LogP contribution in [0.1, 0.15) is 26.3 Å². The summed E-state index contributed by atoms with van der Waals surface area (Å²) in [5.74, 6) is -1.42. The number of nitrogens with zero attached hydrogens (tertiary/aromatic N) is 1. The van der Waals surface area contributed by atoms with Crippen LogP contribution < -0.4 is 10.2 Å². The van der Waals surface area contributed by atoms with E-state index in [-0.39, 0.29) is 21.5 Å². The number of halogens is 3. The Kier molecular flexibility index (Phi) is 4.83. The van der Waals surface area contributed by atoms with Gasteiger partial charge in [0.15, 0.2) is 0 Å². The first-order chi connectivity index (χ1) is 13.4. The van der Waals surface area contributed by atoms with E-state index in [0.29, 0.717) is 24.2 Å². The number of carbonyl (C=O) groups is 2. The van der Waals surface area contributed by atoms with E-state index in [1.165, 1.54) is 18.6 Å². The van der Waals surface area contributed by atoms with Crippen molar-refractivity contribution in [2.75, 3.05) is 16.8 Å². The Balaban J connectivity index is 1.55. The van der Waals surface area contributed by atoms with Gasteiger partial charge >= 0.3 is 0 Å². The van der Waals surface area contributed by atoms with E-state index in [2.05, 4.69) is 5.32 Å². The number of benzene rings is 2. The van der Waals surface area contributed by atoms with Crippen molar-refractivity contribution >= 4 is 46.4 Å². The minimum Gasteiger partial charge on any atom is -0.472 e. The number of furan rings is 1. The number of anilines is 2. The highest BCUT2D eigenvalue weighted by molar-refractivity contribution is 6.37. The number of hydrogen-bond acceptors (Lipinski definition) is 3. The second kappa shape index (κ2) is 7.30. The molecule has 0 saturated carbocycles. The van der Waals surface area contributed by atoms with E-state index in [1.54, 1.807) is 29.2 Å². The van der Waals surface area contributed by atoms with Gasteiger partial charge in [0.05, 0.1) is 27.4 Å². The summed E-state index contributed by atoms with van der Waals surface area (Å²) >= 11 is 11.7. The number of hydrogen-bond donors (Lipinski definition) is 1. The van der Waals surface area contributed by atoms with Crippen LogP contribution in [0.3, 0.4) is 0 Å². The van der Waals surface area contributed by atoms with Crippen LogP contribution in [0, 0.1) is 5.82 Å². The summed E-state index contributed by atoms with van der Waals surface area (Å²) in [5, 5.41) is 2.60. The fraction of sp³-hybridized carbons (Fsp3) is 0.100. The predicted octanol–water partition coefficient (Wildman–Crippen LogP) is 5.18. The van der Waals surface area contributed by atoms with E-state index >= 15 is 0 Å². The maximum atomic E-state index is 13.7. The van der Waals surface area contributed by atoms with E-state index in [4.69, 9.17) is 27.6 Å². The summed E-state index contributed by atoms with van der Waals surface area (Å²) in [5.41, 5.74) is 2.68. The van der Waals surface area contributed by atoms with Gasteiger partial charge in [0.2, 0.25) is 0 Å². The van der Waals surface area contributed by atoms with E-state index in [1.807, 2.05) is 0 Å². The van der Waals surface area contributed by atoms with Crippen LogP contribution in [0.4, 0.5) is 15.8 Å². The van der Waals surface area contributed by atoms with Crippen molar-refractivity contribution < 1.29 is 18.4 Å². The van der Waals surface area contributed by atoms with Crippen molar-refractivity contribution in [1.29, 1.82) is 0 Å². The number of fused-ring (bicyclic) bond motifs is 1. The Morgan fingerprint density at radius 3 is 2.68 bits per heavy atom. The minimum absolute atomic E-state index is 0.0131. The molecule has 0 unspecified atom stereocenters. The highest BCUT2D eigenvalue weighted by atomic mass is 35.5. The maximum Gasteiger partial charge on any atom is 0.261 e. The van der Waals surface area contributed by atoms with Crippen LogP contribution in [0.25, 0.3) is 0 Å². The third kappa shape index (κ3) is 3.37. The summed E-state index contributed by atoms with van der Waals surface area (Å²) in [7, 11) is 0. The van der Waals surface area contributed by atoms with Crippen molar-refractivity contribution in [1.82, 2.24) is 0 Å². The lowest BCUT2D eigenvalue weighted by molar-refractivity contribution is 0.0987. The monoisotopic (exact) mass is 418 g/mol. The second-order valence-electron chi connectivity index (χ2n) is 6.26. The molecule has 2 aromatic carbocycles. The molecule has 1 aromatic heterocycles. The molecule has 5 nitrogen and oxygen atoms in total. The second-order valence-corrected chi connectivity index (χ2v) is 7.08. The molecule has 0 bridgehead atoms. The van der Waals surface area contributed by atoms with E-state index in [0.717, 1.165) is 17.3 Å². The smallest absolute Gasteiger partial charge is 0.261 e. The molecule has 4 rings (SSSR count). The molecule has 0 spiro atoms. The van der Waals surface area contributed by atoms with Crippen molar-refractivity contribution in [2.24, 2.45) is 0 Å². The Labute approximate surface area is 169 Å². The quantitative estimate of drug-likeness (QED) is 0.595. The Morgan fingerprint density at radius 1 is 1.11 bits per heavy atom. The predicted molar refractivity (Wildman–Crippen MR) is 105 cm³/mol. The fourth-order valence-corrected chi connectivity index (χ4v) is 3.60. The Bertz CT molecular complexity index is 1080. The molecular weight excluding hydrogens is 406 g/mol. The summed E-state index contributed by atoms with van der Waals surface area (Å²) in [6.45, 7) is 0.533. The van der Waals surface area contributed by atoms with Crippen LogP contribution in [-0.4, -0.2) is 18.4 Å². The van der Waals surface area contributed by atoms with Crippen LogP contribution >= 0.6 is 23.2 Å². The molecule has 1 aliphatic heterocycles. The summed E-state index contributed by atoms with van der Waals surface area (Å²) in [4.78, 5) is 26.7. The topological polar surface area (TPSA) is 62.6 Å². The Morgan fingerprint density at radius 2 is 1.93 bits per heavy atom. The highest BCUT2D eigenvalue weighted by Gasteiger charge is 2.26. The molecule has 2 heterocycles. The largest absolute Gasteiger partial charge is 0.472 e. The molecular formula is C20H13Cl2FN2O3. The van der Waals surface area contributed by atoms with Gasteiger partial charge in [-0.2, -0.15) is 0 Å². The van der Waals surface area contributed by atoms with Crippen LogP contribution in [0.2, 0.25) is 10.0 Å². The zero-order valence-electron chi connectivity index (χ0n) is 14.3. The number of rotatable bonds is 3. The van der Waals surface area contributed by atoms with Crippen LogP contribution in [-0.2, 0) is 6.42 Å². The lowest BCUT2D eigenvalue weighted by atomic mass is 10.1. The maximum absolute atomic E-state index is 13.7. The van der Waals surface area contributed by atoms with Gasteiger partial charge in [-0.3, -0.25) is 9.59 Å². The SMILES string of the molecule is O=C(Nc1ccc2c(c1)CCN2C(=O)c1ccoc1)c1cc(F)c(Cl)cc1Cl. The van der Waals surface area contributed by atoms with Crippen molar-refractivity contribution in [2.45, 2.75) is 6.42 Å². The van der Waals surface area contributed by atoms with Gasteiger partial charge in [0.25, 0.3) is 11.8 Å². The van der Waals surface area contributed by atoms with Gasteiger partial charge in [-0.15, -0.1) is 0 Å². The number of nitrogens with one attached hydrogen (secondary N) is 1. The van der Waals surface area contributed by atoms with Crippen molar-refractivity contribution in [3.05, 3.63) is 81.5 Å². The van der Waals surface area contributed by atoms with Crippen LogP contribution in [0.5, 0.6) is 0 Å². The minimum atomic E-state index is -0.724. The van der Waals surface area contributed by atoms with Gasteiger partial charge in [-0.05, 0) is 48.4 Å². The number of amides is 2. The van der Waals surface area contributed by atoms with Gasteiger partial charge < -0.3 is 14.6 Å². The first kappa shape index (κ1) is 18.5. The highest BCUT2D eigenvalue weighted by Crippen LogP contribution is 2.32. The van der Waals surface area contributed by atoms with Crippen LogP contribution in [0.15, 0.2) is 53.3 Å². The van der Waals surface area contributed by atoms with Gasteiger partial charge in [-0.1, -0.05) is 23.2 Å². The summed E-state index contributed by atoms with van der Waals surface area (Å²) in [6, 6.07) is 9.03. The molecule has 0 radical (unpaired) electrons. The molecule has 0 atom stereocenters. The molecule has 142 valence electrons. The summed E-state index contributed by atoms with van der Waals surface area (Å²) < 4.78 is 18.6. The summed E-state index contributed by atoms with van der Waals surface area (Å²) in [6.07, 6.45) is 3.51. The third-order valence-electron chi connectivity index (χ3n) is 4.50. The molecule has 0 fully saturated rings. The average Bonchev–Trinajstić information content (AvgIpc) is 3.33. The number of carbonyl (C=O) groups excluding carboxylic acids is 2. The molecule has 2 amide bonds. The van der Waals surface area contributed by atoms with Gasteiger partial charge in [-0.25, -0.2) is 4.39 Å². The fourth-order valence-electron chi connectivity index (χ4n) is 3.13. The average molecular weight is 419 g/mol. The molecule has 1 N–H and O–H groups in total.